The van der Waals surface area contributed by atoms with Gasteiger partial charge in [-0.05, 0) is 45.7 Å². The average molecular weight is 292 g/mol. The number of likely N-dealkylation sites (tertiary alicyclic amines) is 1. The Bertz CT molecular complexity index is 525. The van der Waals surface area contributed by atoms with Gasteiger partial charge in [0.2, 0.25) is 0 Å². The van der Waals surface area contributed by atoms with Gasteiger partial charge in [-0.2, -0.15) is 0 Å². The molecule has 1 saturated heterocycles. The number of nitrogens with two attached hydrogens (primary N) is 1. The molecule has 0 aromatic carbocycles. The van der Waals surface area contributed by atoms with E-state index in [0.29, 0.717) is 24.6 Å². The number of aryl methyl sites for hydroxylation is 1. The lowest BCUT2D eigenvalue weighted by molar-refractivity contribution is 0.0293. The standard InChI is InChI=1S/C15H24N4O2/c1-10-7-12(16)13(17-8-10)18-11-5-6-19(9-11)14(20)21-15(2,3)4/h7-8,11H,5-6,9,16H2,1-4H3,(H,17,18)/t11-/m0/s1. The van der Waals surface area contributed by atoms with Crippen LogP contribution < -0.4 is 11.1 Å². The Morgan fingerprint density at radius 1 is 1.52 bits per heavy atom. The Balaban J connectivity index is 1.92. The SMILES string of the molecule is Cc1cnc(N[C@H]2CCN(C(=O)OC(C)(C)C)C2)c(N)c1. The second-order valence-electron chi connectivity index (χ2n) is 6.51. The predicted molar refractivity (Wildman–Crippen MR) is 83.2 cm³/mol. The van der Waals surface area contributed by atoms with Gasteiger partial charge in [-0.1, -0.05) is 0 Å². The number of amides is 1. The van der Waals surface area contributed by atoms with Crippen LogP contribution in [0.5, 0.6) is 0 Å². The molecule has 2 heterocycles. The van der Waals surface area contributed by atoms with Crippen LogP contribution in [0.1, 0.15) is 32.8 Å². The number of hydrogen-bond acceptors (Lipinski definition) is 5. The molecule has 1 aliphatic rings. The molecule has 21 heavy (non-hydrogen) atoms. The maximum absolute atomic E-state index is 12.0. The number of nitrogens with one attached hydrogen (secondary N) is 1. The zero-order chi connectivity index (χ0) is 15.6. The van der Waals surface area contributed by atoms with Crippen LogP contribution in [-0.4, -0.2) is 40.7 Å². The summed E-state index contributed by atoms with van der Waals surface area (Å²) in [6.07, 6.45) is 2.37. The van der Waals surface area contributed by atoms with Gasteiger partial charge in [0.15, 0.2) is 0 Å². The van der Waals surface area contributed by atoms with Crippen molar-refractivity contribution in [3.8, 4) is 0 Å². The van der Waals surface area contributed by atoms with Crippen molar-refractivity contribution in [2.24, 2.45) is 0 Å². The van der Waals surface area contributed by atoms with Crippen molar-refractivity contribution in [3.63, 3.8) is 0 Å². The fraction of sp³-hybridized carbons (Fsp3) is 0.600. The van der Waals surface area contributed by atoms with Crippen LogP contribution in [0.25, 0.3) is 0 Å². The fourth-order valence-electron chi connectivity index (χ4n) is 2.28. The first kappa shape index (κ1) is 15.4. The Morgan fingerprint density at radius 3 is 2.86 bits per heavy atom. The number of hydrogen-bond donors (Lipinski definition) is 2. The summed E-state index contributed by atoms with van der Waals surface area (Å²) in [5.74, 6) is 0.677. The molecule has 1 aromatic heterocycles. The van der Waals surface area contributed by atoms with Crippen molar-refractivity contribution >= 4 is 17.6 Å². The number of carbonyl (C=O) groups excluding carboxylic acids is 1. The van der Waals surface area contributed by atoms with Gasteiger partial charge in [0, 0.05) is 25.3 Å². The zero-order valence-electron chi connectivity index (χ0n) is 13.1. The van der Waals surface area contributed by atoms with E-state index in [1.165, 1.54) is 0 Å². The van der Waals surface area contributed by atoms with Crippen molar-refractivity contribution in [2.45, 2.75) is 45.8 Å². The molecule has 0 aliphatic carbocycles. The largest absolute Gasteiger partial charge is 0.444 e. The highest BCUT2D eigenvalue weighted by molar-refractivity contribution is 5.69. The summed E-state index contributed by atoms with van der Waals surface area (Å²) in [6, 6.07) is 2.03. The quantitative estimate of drug-likeness (QED) is 0.875. The first-order chi connectivity index (χ1) is 9.74. The van der Waals surface area contributed by atoms with E-state index in [1.807, 2.05) is 33.8 Å². The zero-order valence-corrected chi connectivity index (χ0v) is 13.1. The Labute approximate surface area is 125 Å². The van der Waals surface area contributed by atoms with E-state index >= 15 is 0 Å². The highest BCUT2D eigenvalue weighted by Crippen LogP contribution is 2.21. The van der Waals surface area contributed by atoms with E-state index in [2.05, 4.69) is 10.3 Å². The number of nitrogens with zero attached hydrogens (tertiary/aromatic N) is 2. The van der Waals surface area contributed by atoms with E-state index in [9.17, 15) is 4.79 Å². The summed E-state index contributed by atoms with van der Waals surface area (Å²) in [7, 11) is 0. The number of pyridine rings is 1. The first-order valence-corrected chi connectivity index (χ1v) is 7.21. The number of carbonyl (C=O) groups is 1. The second kappa shape index (κ2) is 5.79. The molecular weight excluding hydrogens is 268 g/mol. The lowest BCUT2D eigenvalue weighted by Crippen LogP contribution is -2.36. The molecular formula is C15H24N4O2. The van der Waals surface area contributed by atoms with Crippen molar-refractivity contribution in [3.05, 3.63) is 17.8 Å². The van der Waals surface area contributed by atoms with Crippen LogP contribution in [0.15, 0.2) is 12.3 Å². The van der Waals surface area contributed by atoms with Gasteiger partial charge in [-0.15, -0.1) is 0 Å². The van der Waals surface area contributed by atoms with E-state index < -0.39 is 5.60 Å². The molecule has 0 saturated carbocycles. The molecule has 0 spiro atoms. The van der Waals surface area contributed by atoms with Gasteiger partial charge in [0.1, 0.15) is 11.4 Å². The summed E-state index contributed by atoms with van der Waals surface area (Å²) in [5, 5.41) is 3.30. The smallest absolute Gasteiger partial charge is 0.410 e. The predicted octanol–water partition coefficient (Wildman–Crippen LogP) is 2.39. The van der Waals surface area contributed by atoms with Crippen LogP contribution in [0.4, 0.5) is 16.3 Å². The van der Waals surface area contributed by atoms with Gasteiger partial charge in [-0.3, -0.25) is 0 Å². The van der Waals surface area contributed by atoms with Gasteiger partial charge in [0.05, 0.1) is 5.69 Å². The minimum absolute atomic E-state index is 0.148. The lowest BCUT2D eigenvalue weighted by Gasteiger charge is -2.24. The Kier molecular flexibility index (Phi) is 4.25. The average Bonchev–Trinajstić information content (AvgIpc) is 2.79. The maximum Gasteiger partial charge on any atom is 0.410 e. The highest BCUT2D eigenvalue weighted by atomic mass is 16.6. The third-order valence-electron chi connectivity index (χ3n) is 3.23. The van der Waals surface area contributed by atoms with E-state index in [0.717, 1.165) is 12.0 Å². The minimum Gasteiger partial charge on any atom is -0.444 e. The molecule has 116 valence electrons. The van der Waals surface area contributed by atoms with Crippen molar-refractivity contribution < 1.29 is 9.53 Å². The van der Waals surface area contributed by atoms with Gasteiger partial charge >= 0.3 is 6.09 Å². The maximum atomic E-state index is 12.0. The topological polar surface area (TPSA) is 80.5 Å². The van der Waals surface area contributed by atoms with Crippen LogP contribution in [0, 0.1) is 6.92 Å². The number of nitrogen functional groups attached to an aromatic ring is 1. The fourth-order valence-corrected chi connectivity index (χ4v) is 2.28. The monoisotopic (exact) mass is 292 g/mol. The normalized spacial score (nSPS) is 18.7. The van der Waals surface area contributed by atoms with Crippen LogP contribution in [0.3, 0.4) is 0 Å². The van der Waals surface area contributed by atoms with Crippen LogP contribution >= 0.6 is 0 Å². The van der Waals surface area contributed by atoms with Crippen molar-refractivity contribution in [2.75, 3.05) is 24.1 Å². The van der Waals surface area contributed by atoms with E-state index in [1.54, 1.807) is 11.1 Å². The second-order valence-corrected chi connectivity index (χ2v) is 6.51. The summed E-state index contributed by atoms with van der Waals surface area (Å²) >= 11 is 0. The molecule has 2 rings (SSSR count). The molecule has 6 heteroatoms. The molecule has 1 aliphatic heterocycles. The minimum atomic E-state index is -0.467. The van der Waals surface area contributed by atoms with Crippen LogP contribution in [-0.2, 0) is 4.74 Å². The molecule has 3 N–H and O–H groups in total. The Hall–Kier alpha value is -1.98. The number of rotatable bonds is 2. The molecule has 0 radical (unpaired) electrons. The summed E-state index contributed by atoms with van der Waals surface area (Å²) in [5.41, 5.74) is 7.14. The van der Waals surface area contributed by atoms with Crippen molar-refractivity contribution in [1.82, 2.24) is 9.88 Å². The Morgan fingerprint density at radius 2 is 2.24 bits per heavy atom. The first-order valence-electron chi connectivity index (χ1n) is 7.21. The number of anilines is 2. The van der Waals surface area contributed by atoms with Gasteiger partial charge in [-0.25, -0.2) is 9.78 Å². The number of aromatic nitrogens is 1. The summed E-state index contributed by atoms with van der Waals surface area (Å²) in [6.45, 7) is 8.84. The van der Waals surface area contributed by atoms with Gasteiger partial charge in [0.25, 0.3) is 0 Å². The number of ether oxygens (including phenoxy) is 1. The molecule has 0 bridgehead atoms. The van der Waals surface area contributed by atoms with Crippen LogP contribution in [0.2, 0.25) is 0 Å². The molecule has 6 nitrogen and oxygen atoms in total. The van der Waals surface area contributed by atoms with Gasteiger partial charge < -0.3 is 20.7 Å². The van der Waals surface area contributed by atoms with Crippen molar-refractivity contribution in [1.29, 1.82) is 0 Å². The molecule has 1 atom stereocenters. The van der Waals surface area contributed by atoms with E-state index in [4.69, 9.17) is 10.5 Å². The highest BCUT2D eigenvalue weighted by Gasteiger charge is 2.30. The van der Waals surface area contributed by atoms with E-state index in [-0.39, 0.29) is 12.1 Å². The summed E-state index contributed by atoms with van der Waals surface area (Å²) < 4.78 is 5.38. The third kappa shape index (κ3) is 4.24. The third-order valence-corrected chi connectivity index (χ3v) is 3.23. The lowest BCUT2D eigenvalue weighted by atomic mass is 10.2. The molecule has 0 unspecified atom stereocenters. The summed E-state index contributed by atoms with van der Waals surface area (Å²) in [4.78, 5) is 18.0. The molecule has 1 amide bonds. The molecule has 1 aromatic rings. The molecule has 1 fully saturated rings.